The van der Waals surface area contributed by atoms with Crippen LogP contribution in [-0.4, -0.2) is 30.3 Å². The van der Waals surface area contributed by atoms with Crippen LogP contribution in [0.1, 0.15) is 12.5 Å². The molecule has 0 aromatic heterocycles. The van der Waals surface area contributed by atoms with Crippen molar-refractivity contribution >= 4 is 5.91 Å². The maximum absolute atomic E-state index is 11.6. The summed E-state index contributed by atoms with van der Waals surface area (Å²) in [5, 5.41) is 12.4. The van der Waals surface area contributed by atoms with Crippen LogP contribution in [0.3, 0.4) is 0 Å². The molecule has 1 aromatic carbocycles. The Morgan fingerprint density at radius 3 is 2.62 bits per heavy atom. The van der Waals surface area contributed by atoms with E-state index in [0.717, 1.165) is 5.56 Å². The zero-order chi connectivity index (χ0) is 12.0. The first kappa shape index (κ1) is 12.7. The third-order valence-corrected chi connectivity index (χ3v) is 2.21. The molecule has 0 bridgehead atoms. The van der Waals surface area contributed by atoms with Gasteiger partial charge < -0.3 is 15.2 Å². The van der Waals surface area contributed by atoms with Gasteiger partial charge in [-0.1, -0.05) is 30.3 Å². The van der Waals surface area contributed by atoms with Gasteiger partial charge in [-0.15, -0.1) is 0 Å². The maximum atomic E-state index is 11.6. The van der Waals surface area contributed by atoms with Crippen LogP contribution in [0.2, 0.25) is 0 Å². The van der Waals surface area contributed by atoms with E-state index in [1.807, 2.05) is 30.3 Å². The predicted molar refractivity (Wildman–Crippen MR) is 60.8 cm³/mol. The molecule has 1 aromatic rings. The van der Waals surface area contributed by atoms with Crippen LogP contribution in [-0.2, 0) is 16.1 Å². The smallest absolute Gasteiger partial charge is 0.254 e. The van der Waals surface area contributed by atoms with Crippen molar-refractivity contribution in [1.29, 1.82) is 0 Å². The molecular weight excluding hydrogens is 206 g/mol. The number of carbonyl (C=O) groups is 1. The second-order valence-corrected chi connectivity index (χ2v) is 3.88. The zero-order valence-electron chi connectivity index (χ0n) is 9.56. The number of benzene rings is 1. The molecule has 0 radical (unpaired) electrons. The molecule has 0 fully saturated rings. The summed E-state index contributed by atoms with van der Waals surface area (Å²) < 4.78 is 4.77. The highest BCUT2D eigenvalue weighted by molar-refractivity contribution is 5.84. The van der Waals surface area contributed by atoms with Crippen molar-refractivity contribution in [2.45, 2.75) is 19.1 Å². The fourth-order valence-electron chi connectivity index (χ4n) is 1.32. The van der Waals surface area contributed by atoms with E-state index in [1.54, 1.807) is 0 Å². The Kier molecular flexibility index (Phi) is 4.46. The molecule has 2 N–H and O–H groups in total. The van der Waals surface area contributed by atoms with Crippen LogP contribution in [0.4, 0.5) is 0 Å². The number of carbonyl (C=O) groups excluding carboxylic acids is 1. The molecule has 4 heteroatoms. The molecule has 1 atom stereocenters. The summed E-state index contributed by atoms with van der Waals surface area (Å²) in [7, 11) is 1.44. The number of hydrogen-bond donors (Lipinski definition) is 2. The van der Waals surface area contributed by atoms with E-state index in [1.165, 1.54) is 14.0 Å². The number of ether oxygens (including phenoxy) is 1. The fraction of sp³-hybridized carbons (Fsp3) is 0.417. The van der Waals surface area contributed by atoms with Gasteiger partial charge in [0.1, 0.15) is 0 Å². The SMILES string of the molecule is COC[C@@](C)(O)C(=O)NCc1ccccc1. The molecule has 0 spiro atoms. The molecule has 0 aliphatic carbocycles. The summed E-state index contributed by atoms with van der Waals surface area (Å²) in [4.78, 5) is 11.6. The lowest BCUT2D eigenvalue weighted by Gasteiger charge is -2.21. The maximum Gasteiger partial charge on any atom is 0.254 e. The van der Waals surface area contributed by atoms with Gasteiger partial charge >= 0.3 is 0 Å². The average molecular weight is 223 g/mol. The first-order chi connectivity index (χ1) is 7.56. The van der Waals surface area contributed by atoms with Gasteiger partial charge in [0.25, 0.3) is 5.91 Å². The number of aliphatic hydroxyl groups is 1. The van der Waals surface area contributed by atoms with Crippen LogP contribution in [0, 0.1) is 0 Å². The van der Waals surface area contributed by atoms with Crippen molar-refractivity contribution in [3.05, 3.63) is 35.9 Å². The Labute approximate surface area is 95.2 Å². The van der Waals surface area contributed by atoms with Crippen LogP contribution >= 0.6 is 0 Å². The molecule has 0 aliphatic rings. The Bertz CT molecular complexity index is 335. The molecule has 4 nitrogen and oxygen atoms in total. The van der Waals surface area contributed by atoms with Gasteiger partial charge in [-0.3, -0.25) is 4.79 Å². The number of rotatable bonds is 5. The Morgan fingerprint density at radius 2 is 2.06 bits per heavy atom. The molecule has 0 aliphatic heterocycles. The monoisotopic (exact) mass is 223 g/mol. The summed E-state index contributed by atoms with van der Waals surface area (Å²) in [5.74, 6) is -0.432. The van der Waals surface area contributed by atoms with E-state index in [-0.39, 0.29) is 6.61 Å². The van der Waals surface area contributed by atoms with Crippen molar-refractivity contribution in [2.75, 3.05) is 13.7 Å². The van der Waals surface area contributed by atoms with Gasteiger partial charge in [0.15, 0.2) is 5.60 Å². The number of methoxy groups -OCH3 is 1. The zero-order valence-corrected chi connectivity index (χ0v) is 9.56. The van der Waals surface area contributed by atoms with Crippen LogP contribution < -0.4 is 5.32 Å². The second kappa shape index (κ2) is 5.63. The van der Waals surface area contributed by atoms with E-state index in [2.05, 4.69) is 5.32 Å². The minimum Gasteiger partial charge on any atom is -0.381 e. The van der Waals surface area contributed by atoms with E-state index < -0.39 is 11.5 Å². The summed E-state index contributed by atoms with van der Waals surface area (Å²) in [5.41, 5.74) is -0.493. The molecule has 1 amide bonds. The second-order valence-electron chi connectivity index (χ2n) is 3.88. The molecular formula is C12H17NO3. The van der Waals surface area contributed by atoms with Crippen molar-refractivity contribution in [1.82, 2.24) is 5.32 Å². The lowest BCUT2D eigenvalue weighted by atomic mass is 10.1. The van der Waals surface area contributed by atoms with Gasteiger partial charge in [-0.25, -0.2) is 0 Å². The van der Waals surface area contributed by atoms with Crippen LogP contribution in [0.25, 0.3) is 0 Å². The van der Waals surface area contributed by atoms with Gasteiger partial charge in [0.2, 0.25) is 0 Å². The highest BCUT2D eigenvalue weighted by atomic mass is 16.5. The van der Waals surface area contributed by atoms with Gasteiger partial charge in [-0.05, 0) is 12.5 Å². The number of hydrogen-bond acceptors (Lipinski definition) is 3. The molecule has 0 saturated carbocycles. The largest absolute Gasteiger partial charge is 0.381 e. The first-order valence-electron chi connectivity index (χ1n) is 5.10. The lowest BCUT2D eigenvalue weighted by molar-refractivity contribution is -0.143. The first-order valence-corrected chi connectivity index (χ1v) is 5.10. The third-order valence-electron chi connectivity index (χ3n) is 2.21. The Balaban J connectivity index is 2.47. The molecule has 1 rings (SSSR count). The predicted octanol–water partition coefficient (Wildman–Crippen LogP) is 0.700. The lowest BCUT2D eigenvalue weighted by Crippen LogP contribution is -2.47. The van der Waals surface area contributed by atoms with Gasteiger partial charge in [-0.2, -0.15) is 0 Å². The molecule has 0 saturated heterocycles. The van der Waals surface area contributed by atoms with E-state index in [4.69, 9.17) is 4.74 Å². The van der Waals surface area contributed by atoms with Gasteiger partial charge in [0.05, 0.1) is 6.61 Å². The van der Waals surface area contributed by atoms with E-state index in [9.17, 15) is 9.90 Å². The van der Waals surface area contributed by atoms with Crippen molar-refractivity contribution < 1.29 is 14.6 Å². The standard InChI is InChI=1S/C12H17NO3/c1-12(15,9-16-2)11(14)13-8-10-6-4-3-5-7-10/h3-7,15H,8-9H2,1-2H3,(H,13,14)/t12-/m1/s1. The summed E-state index contributed by atoms with van der Waals surface area (Å²) in [6, 6.07) is 9.52. The van der Waals surface area contributed by atoms with E-state index in [0.29, 0.717) is 6.54 Å². The van der Waals surface area contributed by atoms with Gasteiger partial charge in [0, 0.05) is 13.7 Å². The summed E-state index contributed by atoms with van der Waals surface area (Å²) >= 11 is 0. The average Bonchev–Trinajstić information content (AvgIpc) is 2.27. The topological polar surface area (TPSA) is 58.6 Å². The molecule has 88 valence electrons. The molecule has 0 unspecified atom stereocenters. The normalized spacial score (nSPS) is 14.2. The quantitative estimate of drug-likeness (QED) is 0.772. The van der Waals surface area contributed by atoms with Crippen molar-refractivity contribution in [3.8, 4) is 0 Å². The third kappa shape index (κ3) is 3.64. The highest BCUT2D eigenvalue weighted by Crippen LogP contribution is 2.04. The fourth-order valence-corrected chi connectivity index (χ4v) is 1.32. The number of nitrogens with one attached hydrogen (secondary N) is 1. The highest BCUT2D eigenvalue weighted by Gasteiger charge is 2.29. The van der Waals surface area contributed by atoms with Crippen molar-refractivity contribution in [3.63, 3.8) is 0 Å². The Hall–Kier alpha value is -1.39. The minimum absolute atomic E-state index is 0.0202. The molecule has 0 heterocycles. The van der Waals surface area contributed by atoms with Crippen molar-refractivity contribution in [2.24, 2.45) is 0 Å². The van der Waals surface area contributed by atoms with E-state index >= 15 is 0 Å². The summed E-state index contributed by atoms with van der Waals surface area (Å²) in [6.07, 6.45) is 0. The molecule has 16 heavy (non-hydrogen) atoms. The Morgan fingerprint density at radius 1 is 1.44 bits per heavy atom. The van der Waals surface area contributed by atoms with Crippen LogP contribution in [0.15, 0.2) is 30.3 Å². The minimum atomic E-state index is -1.48. The number of amides is 1. The van der Waals surface area contributed by atoms with Crippen LogP contribution in [0.5, 0.6) is 0 Å². The summed E-state index contributed by atoms with van der Waals surface area (Å²) in [6.45, 7) is 1.81.